The van der Waals surface area contributed by atoms with Gasteiger partial charge >= 0.3 is 0 Å². The van der Waals surface area contributed by atoms with Gasteiger partial charge < -0.3 is 4.90 Å². The normalized spacial score (nSPS) is 11.5. The van der Waals surface area contributed by atoms with E-state index in [0.29, 0.717) is 6.42 Å². The van der Waals surface area contributed by atoms with Crippen molar-refractivity contribution < 1.29 is 4.79 Å². The van der Waals surface area contributed by atoms with Gasteiger partial charge in [-0.3, -0.25) is 4.79 Å². The number of amides is 1. The summed E-state index contributed by atoms with van der Waals surface area (Å²) < 4.78 is 0. The van der Waals surface area contributed by atoms with Crippen molar-refractivity contribution in [2.24, 2.45) is 0 Å². The zero-order valence-corrected chi connectivity index (χ0v) is 10.8. The fourth-order valence-electron chi connectivity index (χ4n) is 1.56. The Morgan fingerprint density at radius 2 is 1.87 bits per heavy atom. The smallest absolute Gasteiger partial charge is 0.222 e. The Kier molecular flexibility index (Phi) is 6.62. The molecule has 0 aliphatic carbocycles. The molecule has 0 aliphatic heterocycles. The summed E-state index contributed by atoms with van der Waals surface area (Å²) >= 11 is 0. The highest BCUT2D eigenvalue weighted by molar-refractivity contribution is 5.76. The highest BCUT2D eigenvalue weighted by Gasteiger charge is 2.24. The van der Waals surface area contributed by atoms with Crippen molar-refractivity contribution in [1.82, 2.24) is 4.90 Å². The molecule has 0 aromatic carbocycles. The molecule has 2 nitrogen and oxygen atoms in total. The van der Waals surface area contributed by atoms with Gasteiger partial charge in [0.05, 0.1) is 0 Å². The van der Waals surface area contributed by atoms with Gasteiger partial charge in [-0.05, 0) is 33.6 Å². The van der Waals surface area contributed by atoms with Crippen LogP contribution in [0, 0.1) is 6.92 Å². The monoisotopic (exact) mass is 212 g/mol. The first kappa shape index (κ1) is 14.5. The Morgan fingerprint density at radius 3 is 2.27 bits per heavy atom. The molecule has 0 aliphatic rings. The van der Waals surface area contributed by atoms with Crippen LogP contribution in [-0.2, 0) is 4.79 Å². The molecule has 0 aromatic rings. The third-order valence-electron chi connectivity index (χ3n) is 2.49. The van der Waals surface area contributed by atoms with Gasteiger partial charge in [-0.2, -0.15) is 0 Å². The summed E-state index contributed by atoms with van der Waals surface area (Å²) in [5.41, 5.74) is -0.0482. The van der Waals surface area contributed by atoms with E-state index < -0.39 is 0 Å². The number of carbonyl (C=O) groups is 1. The van der Waals surface area contributed by atoms with Crippen molar-refractivity contribution >= 4 is 5.91 Å². The maximum Gasteiger partial charge on any atom is 0.222 e. The number of unbranched alkanes of at least 4 members (excludes halogenated alkanes) is 2. The van der Waals surface area contributed by atoms with E-state index in [1.807, 2.05) is 4.90 Å². The van der Waals surface area contributed by atoms with Crippen molar-refractivity contribution in [3.63, 3.8) is 0 Å². The fourth-order valence-corrected chi connectivity index (χ4v) is 1.56. The number of nitrogens with zero attached hydrogens (tertiary/aromatic N) is 1. The molecule has 1 radical (unpaired) electrons. The van der Waals surface area contributed by atoms with Crippen LogP contribution in [0.5, 0.6) is 0 Å². The molecule has 0 unspecified atom stereocenters. The maximum atomic E-state index is 12.0. The van der Waals surface area contributed by atoms with Crippen LogP contribution in [-0.4, -0.2) is 22.9 Å². The molecule has 0 bridgehead atoms. The Morgan fingerprint density at radius 1 is 1.27 bits per heavy atom. The number of rotatable bonds is 6. The van der Waals surface area contributed by atoms with Gasteiger partial charge in [0.2, 0.25) is 5.91 Å². The van der Waals surface area contributed by atoms with E-state index in [0.717, 1.165) is 32.2 Å². The molecule has 0 spiro atoms. The summed E-state index contributed by atoms with van der Waals surface area (Å²) in [5, 5.41) is 0. The molecule has 0 saturated carbocycles. The number of hydrogen-bond donors (Lipinski definition) is 0. The van der Waals surface area contributed by atoms with E-state index in [2.05, 4.69) is 34.6 Å². The van der Waals surface area contributed by atoms with Crippen molar-refractivity contribution in [3.05, 3.63) is 6.92 Å². The summed E-state index contributed by atoms with van der Waals surface area (Å²) in [6.45, 7) is 13.1. The van der Waals surface area contributed by atoms with E-state index >= 15 is 0 Å². The molecule has 0 rings (SSSR count). The minimum atomic E-state index is -0.0482. The Balaban J connectivity index is 4.28. The van der Waals surface area contributed by atoms with Crippen LogP contribution in [0.2, 0.25) is 0 Å². The Bertz CT molecular complexity index is 181. The average molecular weight is 212 g/mol. The van der Waals surface area contributed by atoms with E-state index in [1.54, 1.807) is 0 Å². The van der Waals surface area contributed by atoms with Gasteiger partial charge in [-0.15, -0.1) is 0 Å². The molecule has 1 amide bonds. The number of carbonyl (C=O) groups excluding carboxylic acids is 1. The molecule has 89 valence electrons. The molecular weight excluding hydrogens is 186 g/mol. The summed E-state index contributed by atoms with van der Waals surface area (Å²) in [7, 11) is 0. The highest BCUT2D eigenvalue weighted by Crippen LogP contribution is 2.16. The third-order valence-corrected chi connectivity index (χ3v) is 2.49. The van der Waals surface area contributed by atoms with Crippen LogP contribution in [0.1, 0.15) is 59.8 Å². The fraction of sp³-hybridized carbons (Fsp3) is 0.846. The standard InChI is InChI=1S/C13H26NO/c1-6-8-10-12(15)14(11-9-7-2)13(3,4)5/h1,6-11H2,2-5H3. The predicted octanol–water partition coefficient (Wildman–Crippen LogP) is 3.42. The first-order valence-corrected chi connectivity index (χ1v) is 6.03. The summed E-state index contributed by atoms with van der Waals surface area (Å²) in [4.78, 5) is 14.0. The minimum absolute atomic E-state index is 0.0482. The zero-order valence-electron chi connectivity index (χ0n) is 10.8. The second kappa shape index (κ2) is 6.86. The van der Waals surface area contributed by atoms with Gasteiger partial charge in [0.15, 0.2) is 0 Å². The number of hydrogen-bond acceptors (Lipinski definition) is 1. The lowest BCUT2D eigenvalue weighted by Crippen LogP contribution is -2.46. The SMILES string of the molecule is [CH2]CCCC(=O)N(CCCC)C(C)(C)C. The lowest BCUT2D eigenvalue weighted by Gasteiger charge is -2.36. The van der Waals surface area contributed by atoms with Gasteiger partial charge in [-0.1, -0.05) is 26.7 Å². The minimum Gasteiger partial charge on any atom is -0.338 e. The van der Waals surface area contributed by atoms with Crippen LogP contribution in [0.3, 0.4) is 0 Å². The van der Waals surface area contributed by atoms with Crippen molar-refractivity contribution in [3.8, 4) is 0 Å². The lowest BCUT2D eigenvalue weighted by atomic mass is 10.0. The molecule has 0 fully saturated rings. The third kappa shape index (κ3) is 5.81. The van der Waals surface area contributed by atoms with Crippen molar-refractivity contribution in [2.75, 3.05) is 6.54 Å². The van der Waals surface area contributed by atoms with E-state index in [9.17, 15) is 4.79 Å². The highest BCUT2D eigenvalue weighted by atomic mass is 16.2. The van der Waals surface area contributed by atoms with Gasteiger partial charge in [0.1, 0.15) is 0 Å². The van der Waals surface area contributed by atoms with Gasteiger partial charge in [0.25, 0.3) is 0 Å². The van der Waals surface area contributed by atoms with Crippen LogP contribution in [0.25, 0.3) is 0 Å². The molecular formula is C13H26NO. The average Bonchev–Trinajstić information content (AvgIpc) is 2.13. The summed E-state index contributed by atoms with van der Waals surface area (Å²) in [6.07, 6.45) is 4.61. The molecule has 0 atom stereocenters. The van der Waals surface area contributed by atoms with Crippen LogP contribution in [0.15, 0.2) is 0 Å². The largest absolute Gasteiger partial charge is 0.338 e. The Hall–Kier alpha value is -0.530. The first-order chi connectivity index (χ1) is 6.93. The second-order valence-corrected chi connectivity index (χ2v) is 5.03. The van der Waals surface area contributed by atoms with Gasteiger partial charge in [-0.25, -0.2) is 0 Å². The quantitative estimate of drug-likeness (QED) is 0.660. The van der Waals surface area contributed by atoms with Crippen molar-refractivity contribution in [1.29, 1.82) is 0 Å². The molecule has 0 N–H and O–H groups in total. The predicted molar refractivity (Wildman–Crippen MR) is 65.6 cm³/mol. The second-order valence-electron chi connectivity index (χ2n) is 5.03. The van der Waals surface area contributed by atoms with E-state index in [-0.39, 0.29) is 11.4 Å². The molecule has 0 saturated heterocycles. The van der Waals surface area contributed by atoms with Crippen LogP contribution in [0.4, 0.5) is 0 Å². The molecule has 15 heavy (non-hydrogen) atoms. The van der Waals surface area contributed by atoms with Gasteiger partial charge in [0, 0.05) is 18.5 Å². The molecule has 0 heterocycles. The van der Waals surface area contributed by atoms with Crippen LogP contribution >= 0.6 is 0 Å². The lowest BCUT2D eigenvalue weighted by molar-refractivity contribution is -0.136. The topological polar surface area (TPSA) is 20.3 Å². The first-order valence-electron chi connectivity index (χ1n) is 6.03. The summed E-state index contributed by atoms with van der Waals surface area (Å²) in [5.74, 6) is 0.277. The molecule has 2 heteroatoms. The van der Waals surface area contributed by atoms with E-state index in [1.165, 1.54) is 0 Å². The summed E-state index contributed by atoms with van der Waals surface area (Å²) in [6, 6.07) is 0. The zero-order chi connectivity index (χ0) is 11.9. The molecule has 0 aromatic heterocycles. The van der Waals surface area contributed by atoms with E-state index in [4.69, 9.17) is 0 Å². The van der Waals surface area contributed by atoms with Crippen molar-refractivity contribution in [2.45, 2.75) is 65.3 Å². The Labute approximate surface area is 95.0 Å². The van der Waals surface area contributed by atoms with Crippen LogP contribution < -0.4 is 0 Å². The maximum absolute atomic E-state index is 12.0.